The lowest BCUT2D eigenvalue weighted by Crippen LogP contribution is -2.46. The van der Waals surface area contributed by atoms with Crippen LogP contribution in [0, 0.1) is 11.3 Å². The van der Waals surface area contributed by atoms with Gasteiger partial charge in [0.1, 0.15) is 0 Å². The summed E-state index contributed by atoms with van der Waals surface area (Å²) in [5.41, 5.74) is 1.66. The first kappa shape index (κ1) is 20.2. The molecule has 0 amide bonds. The molecule has 3 atom stereocenters. The number of methoxy groups -OCH3 is 1. The molecule has 0 saturated heterocycles. The van der Waals surface area contributed by atoms with Crippen molar-refractivity contribution in [2.75, 3.05) is 7.11 Å². The maximum Gasteiger partial charge on any atom is 0.336 e. The number of hydrogen-bond acceptors (Lipinski definition) is 4. The van der Waals surface area contributed by atoms with Crippen molar-refractivity contribution < 1.29 is 19.4 Å². The summed E-state index contributed by atoms with van der Waals surface area (Å²) in [4.78, 5) is 11.7. The van der Waals surface area contributed by atoms with Gasteiger partial charge in [0.05, 0.1) is 5.60 Å². The molecule has 1 saturated carbocycles. The molecular weight excluding hydrogens is 316 g/mol. The van der Waals surface area contributed by atoms with E-state index in [-0.39, 0.29) is 11.4 Å². The number of esters is 1. The summed E-state index contributed by atoms with van der Waals surface area (Å²) in [7, 11) is 1.53. The zero-order valence-electron chi connectivity index (χ0n) is 16.4. The van der Waals surface area contributed by atoms with Crippen molar-refractivity contribution in [3.05, 3.63) is 23.3 Å². The Hall–Kier alpha value is -1.13. The third kappa shape index (κ3) is 5.18. The van der Waals surface area contributed by atoms with E-state index in [1.807, 2.05) is 6.92 Å². The maximum absolute atomic E-state index is 11.7. The van der Waals surface area contributed by atoms with Gasteiger partial charge in [-0.2, -0.15) is 0 Å². The van der Waals surface area contributed by atoms with Crippen molar-refractivity contribution in [2.45, 2.75) is 84.5 Å². The maximum atomic E-state index is 11.7. The van der Waals surface area contributed by atoms with Crippen LogP contribution in [0.2, 0.25) is 0 Å². The third-order valence-corrected chi connectivity index (χ3v) is 5.99. The van der Waals surface area contributed by atoms with Crippen LogP contribution in [-0.4, -0.2) is 30.1 Å². The van der Waals surface area contributed by atoms with Gasteiger partial charge < -0.3 is 14.6 Å². The molecule has 0 spiro atoms. The Labute approximate surface area is 152 Å². The largest absolute Gasteiger partial charge is 0.429 e. The van der Waals surface area contributed by atoms with Crippen LogP contribution in [-0.2, 0) is 14.3 Å². The Bertz CT molecular complexity index is 526. The lowest BCUT2D eigenvalue weighted by Gasteiger charge is -2.48. The van der Waals surface area contributed by atoms with E-state index >= 15 is 0 Å². The van der Waals surface area contributed by atoms with Gasteiger partial charge in [-0.25, -0.2) is 4.79 Å². The van der Waals surface area contributed by atoms with Crippen molar-refractivity contribution in [3.63, 3.8) is 0 Å². The molecule has 3 unspecified atom stereocenters. The summed E-state index contributed by atoms with van der Waals surface area (Å²) >= 11 is 0. The van der Waals surface area contributed by atoms with E-state index in [1.165, 1.54) is 19.1 Å². The average molecular weight is 350 g/mol. The van der Waals surface area contributed by atoms with Crippen LogP contribution >= 0.6 is 0 Å². The molecule has 1 N–H and O–H groups in total. The quantitative estimate of drug-likeness (QED) is 0.541. The highest BCUT2D eigenvalue weighted by Gasteiger charge is 2.44. The Morgan fingerprint density at radius 2 is 2.12 bits per heavy atom. The fourth-order valence-electron chi connectivity index (χ4n) is 4.49. The van der Waals surface area contributed by atoms with Crippen LogP contribution in [0.1, 0.15) is 72.6 Å². The zero-order valence-corrected chi connectivity index (χ0v) is 16.4. The van der Waals surface area contributed by atoms with Crippen molar-refractivity contribution in [1.29, 1.82) is 0 Å². The molecule has 0 aromatic heterocycles. The summed E-state index contributed by atoms with van der Waals surface area (Å²) in [6.07, 6.45) is 10.2. The van der Waals surface area contributed by atoms with Crippen molar-refractivity contribution >= 4 is 5.97 Å². The van der Waals surface area contributed by atoms with Gasteiger partial charge in [0.15, 0.2) is 0 Å². The van der Waals surface area contributed by atoms with Gasteiger partial charge in [-0.15, -0.1) is 0 Å². The highest BCUT2D eigenvalue weighted by molar-refractivity contribution is 5.90. The summed E-state index contributed by atoms with van der Waals surface area (Å²) in [5.74, 6) is 0.0602. The molecule has 1 fully saturated rings. The number of rotatable bonds is 7. The standard InChI is InChI=1S/C21H34O4/c1-15(8-6-9-16-14-18(24-5)25-19(16)22)10-11-17-20(2,3)12-7-13-21(17,4)23/h8,14,17-18,23H,6-7,9-13H2,1-5H3/b15-8+. The van der Waals surface area contributed by atoms with E-state index in [1.54, 1.807) is 6.08 Å². The molecule has 0 aromatic carbocycles. The van der Waals surface area contributed by atoms with Crippen LogP contribution in [0.25, 0.3) is 0 Å². The minimum atomic E-state index is -0.560. The minimum absolute atomic E-state index is 0.190. The highest BCUT2D eigenvalue weighted by Crippen LogP contribution is 2.48. The number of aliphatic hydroxyl groups is 1. The van der Waals surface area contributed by atoms with Gasteiger partial charge in [-0.05, 0) is 69.8 Å². The number of carbonyl (C=O) groups excluding carboxylic acids is 1. The molecule has 0 aromatic rings. The van der Waals surface area contributed by atoms with E-state index in [0.717, 1.165) is 32.1 Å². The molecule has 4 nitrogen and oxygen atoms in total. The Morgan fingerprint density at radius 3 is 2.72 bits per heavy atom. The molecule has 1 aliphatic carbocycles. The number of ether oxygens (including phenoxy) is 2. The lowest BCUT2D eigenvalue weighted by molar-refractivity contribution is -0.155. The predicted octanol–water partition coefficient (Wildman–Crippen LogP) is 4.53. The second kappa shape index (κ2) is 8.05. The summed E-state index contributed by atoms with van der Waals surface area (Å²) in [5, 5.41) is 10.8. The van der Waals surface area contributed by atoms with Crippen LogP contribution in [0.5, 0.6) is 0 Å². The van der Waals surface area contributed by atoms with Crippen LogP contribution < -0.4 is 0 Å². The van der Waals surface area contributed by atoms with Gasteiger partial charge in [-0.3, -0.25) is 0 Å². The molecule has 1 heterocycles. The molecular formula is C21H34O4. The zero-order chi connectivity index (χ0) is 18.7. The first-order valence-corrected chi connectivity index (χ1v) is 9.48. The van der Waals surface area contributed by atoms with Crippen LogP contribution in [0.3, 0.4) is 0 Å². The first-order valence-electron chi connectivity index (χ1n) is 9.48. The first-order chi connectivity index (χ1) is 11.7. The molecule has 2 rings (SSSR count). The van der Waals surface area contributed by atoms with E-state index in [2.05, 4.69) is 26.8 Å². The van der Waals surface area contributed by atoms with Gasteiger partial charge in [0, 0.05) is 12.7 Å². The van der Waals surface area contributed by atoms with E-state index in [4.69, 9.17) is 9.47 Å². The average Bonchev–Trinajstić information content (AvgIpc) is 2.86. The third-order valence-electron chi connectivity index (χ3n) is 5.99. The van der Waals surface area contributed by atoms with Crippen molar-refractivity contribution in [2.24, 2.45) is 11.3 Å². The Balaban J connectivity index is 1.84. The summed E-state index contributed by atoms with van der Waals surface area (Å²) in [6, 6.07) is 0. The molecule has 142 valence electrons. The van der Waals surface area contributed by atoms with E-state index in [0.29, 0.717) is 17.9 Å². The fourth-order valence-corrected chi connectivity index (χ4v) is 4.49. The number of hydrogen-bond donors (Lipinski definition) is 1. The monoisotopic (exact) mass is 350 g/mol. The predicted molar refractivity (Wildman–Crippen MR) is 98.9 cm³/mol. The Morgan fingerprint density at radius 1 is 1.40 bits per heavy atom. The van der Waals surface area contributed by atoms with Crippen molar-refractivity contribution in [3.8, 4) is 0 Å². The molecule has 25 heavy (non-hydrogen) atoms. The topological polar surface area (TPSA) is 55.8 Å². The number of carbonyl (C=O) groups is 1. The summed E-state index contributed by atoms with van der Waals surface area (Å²) in [6.45, 7) is 8.72. The second-order valence-electron chi connectivity index (χ2n) is 8.58. The van der Waals surface area contributed by atoms with Crippen molar-refractivity contribution in [1.82, 2.24) is 0 Å². The van der Waals surface area contributed by atoms with Gasteiger partial charge in [0.25, 0.3) is 0 Å². The molecule has 0 bridgehead atoms. The fraction of sp³-hybridized carbons (Fsp3) is 0.762. The number of allylic oxidation sites excluding steroid dienone is 2. The summed E-state index contributed by atoms with van der Waals surface area (Å²) < 4.78 is 10.1. The lowest BCUT2D eigenvalue weighted by atomic mass is 9.60. The van der Waals surface area contributed by atoms with Crippen LogP contribution in [0.15, 0.2) is 23.3 Å². The molecule has 4 heteroatoms. The second-order valence-corrected chi connectivity index (χ2v) is 8.58. The highest BCUT2D eigenvalue weighted by atomic mass is 16.7. The molecule has 0 radical (unpaired) electrons. The van der Waals surface area contributed by atoms with Gasteiger partial charge in [0.2, 0.25) is 6.29 Å². The molecule has 2 aliphatic rings. The van der Waals surface area contributed by atoms with Gasteiger partial charge in [-0.1, -0.05) is 31.9 Å². The Kier molecular flexibility index (Phi) is 6.50. The number of cyclic esters (lactones) is 1. The van der Waals surface area contributed by atoms with Crippen LogP contribution in [0.4, 0.5) is 0 Å². The SMILES string of the molecule is COC1C=C(CC/C=C(\C)CCC2C(C)(C)CCCC2(C)O)C(=O)O1. The molecule has 1 aliphatic heterocycles. The van der Waals surface area contributed by atoms with Gasteiger partial charge >= 0.3 is 5.97 Å². The normalized spacial score (nSPS) is 32.5. The van der Waals surface area contributed by atoms with E-state index in [9.17, 15) is 9.90 Å². The van der Waals surface area contributed by atoms with E-state index < -0.39 is 11.9 Å². The minimum Gasteiger partial charge on any atom is -0.429 e. The smallest absolute Gasteiger partial charge is 0.336 e.